The first-order valence-electron chi connectivity index (χ1n) is 7.57. The molecule has 0 saturated carbocycles. The van der Waals surface area contributed by atoms with Crippen molar-refractivity contribution < 1.29 is 17.9 Å². The monoisotopic (exact) mass is 303 g/mol. The number of likely N-dealkylation sites (tertiary alicyclic amines) is 1. The zero-order valence-electron chi connectivity index (χ0n) is 12.4. The van der Waals surface area contributed by atoms with Crippen molar-refractivity contribution in [2.24, 2.45) is 0 Å². The third-order valence-electron chi connectivity index (χ3n) is 4.49. The molecule has 0 aromatic heterocycles. The van der Waals surface area contributed by atoms with Crippen molar-refractivity contribution in [3.05, 3.63) is 0 Å². The molecule has 0 N–H and O–H groups in total. The zero-order chi connectivity index (χ0) is 14.8. The number of hydrogen-bond donors (Lipinski definition) is 0. The molecular formula is C14H25NO4S. The van der Waals surface area contributed by atoms with Crippen LogP contribution < -0.4 is 0 Å². The van der Waals surface area contributed by atoms with Gasteiger partial charge in [-0.25, -0.2) is 8.42 Å². The van der Waals surface area contributed by atoms with Gasteiger partial charge >= 0.3 is 0 Å². The quantitative estimate of drug-likeness (QED) is 0.790. The Kier molecular flexibility index (Phi) is 5.07. The van der Waals surface area contributed by atoms with Crippen molar-refractivity contribution in [3.8, 4) is 0 Å². The molecule has 2 rings (SSSR count). The fourth-order valence-corrected chi connectivity index (χ4v) is 5.09. The predicted molar refractivity (Wildman–Crippen MR) is 77.2 cm³/mol. The van der Waals surface area contributed by atoms with Gasteiger partial charge in [0.15, 0.2) is 9.84 Å². The molecule has 2 aliphatic heterocycles. The van der Waals surface area contributed by atoms with Gasteiger partial charge in [-0.2, -0.15) is 0 Å². The van der Waals surface area contributed by atoms with Crippen LogP contribution >= 0.6 is 0 Å². The van der Waals surface area contributed by atoms with Crippen LogP contribution in [0.2, 0.25) is 0 Å². The van der Waals surface area contributed by atoms with Gasteiger partial charge in [-0.3, -0.25) is 4.79 Å². The Balaban J connectivity index is 2.08. The molecular weight excluding hydrogens is 278 g/mol. The Morgan fingerprint density at radius 2 is 1.80 bits per heavy atom. The lowest BCUT2D eigenvalue weighted by atomic mass is 10.2. The van der Waals surface area contributed by atoms with Crippen LogP contribution in [0.1, 0.15) is 46.0 Å². The normalized spacial score (nSPS) is 30.0. The van der Waals surface area contributed by atoms with E-state index in [0.717, 1.165) is 25.7 Å². The van der Waals surface area contributed by atoms with E-state index in [1.165, 1.54) is 6.92 Å². The highest BCUT2D eigenvalue weighted by atomic mass is 32.2. The number of hydrogen-bond acceptors (Lipinski definition) is 4. The molecule has 2 heterocycles. The standard InChI is InChI=1S/C14H25NO4S/c1-11-13(7-10-19-11)20(17,18)12(2)14(16)15-8-5-3-4-6-9-15/h11-13H,3-10H2,1-2H3/t11-,12+,13-/m0/s1. The molecule has 20 heavy (non-hydrogen) atoms. The first-order chi connectivity index (χ1) is 9.44. The van der Waals surface area contributed by atoms with Gasteiger partial charge in [-0.05, 0) is 33.1 Å². The molecule has 0 aliphatic carbocycles. The first kappa shape index (κ1) is 15.8. The van der Waals surface area contributed by atoms with Crippen LogP contribution in [0.4, 0.5) is 0 Å². The van der Waals surface area contributed by atoms with Gasteiger partial charge in [0.05, 0.1) is 11.4 Å². The minimum atomic E-state index is -3.46. The van der Waals surface area contributed by atoms with Crippen LogP contribution in [0.3, 0.4) is 0 Å². The summed E-state index contributed by atoms with van der Waals surface area (Å²) < 4.78 is 30.5. The van der Waals surface area contributed by atoms with Crippen LogP contribution in [-0.2, 0) is 19.4 Å². The maximum absolute atomic E-state index is 12.6. The number of rotatable bonds is 3. The zero-order valence-corrected chi connectivity index (χ0v) is 13.2. The Labute approximate surface area is 121 Å². The number of carbonyl (C=O) groups excluding carboxylic acids is 1. The first-order valence-corrected chi connectivity index (χ1v) is 9.18. The lowest BCUT2D eigenvalue weighted by molar-refractivity contribution is -0.130. The summed E-state index contributed by atoms with van der Waals surface area (Å²) in [7, 11) is -3.46. The summed E-state index contributed by atoms with van der Waals surface area (Å²) in [6.45, 7) is 5.16. The molecule has 5 nitrogen and oxygen atoms in total. The average Bonchev–Trinajstić information content (AvgIpc) is 2.69. The SMILES string of the molecule is C[C@@H]1OCC[C@@H]1S(=O)(=O)[C@H](C)C(=O)N1CCCCCC1. The number of sulfone groups is 1. The van der Waals surface area contributed by atoms with Crippen LogP contribution in [0, 0.1) is 0 Å². The molecule has 0 spiro atoms. The molecule has 0 radical (unpaired) electrons. The summed E-state index contributed by atoms with van der Waals surface area (Å²) in [5.41, 5.74) is 0. The van der Waals surface area contributed by atoms with Crippen molar-refractivity contribution in [3.63, 3.8) is 0 Å². The Morgan fingerprint density at radius 1 is 1.20 bits per heavy atom. The van der Waals surface area contributed by atoms with Crippen molar-refractivity contribution >= 4 is 15.7 Å². The number of amides is 1. The van der Waals surface area contributed by atoms with E-state index in [0.29, 0.717) is 26.1 Å². The molecule has 2 fully saturated rings. The van der Waals surface area contributed by atoms with Gasteiger partial charge < -0.3 is 9.64 Å². The summed E-state index contributed by atoms with van der Waals surface area (Å²) >= 11 is 0. The van der Waals surface area contributed by atoms with Gasteiger partial charge in [-0.1, -0.05) is 12.8 Å². The lowest BCUT2D eigenvalue weighted by Crippen LogP contribution is -2.46. The average molecular weight is 303 g/mol. The Bertz CT molecular complexity index is 440. The number of carbonyl (C=O) groups is 1. The highest BCUT2D eigenvalue weighted by molar-refractivity contribution is 7.93. The molecule has 2 aliphatic rings. The second kappa shape index (κ2) is 6.43. The fraction of sp³-hybridized carbons (Fsp3) is 0.929. The second-order valence-corrected chi connectivity index (χ2v) is 8.36. The minimum absolute atomic E-state index is 0.231. The Hall–Kier alpha value is -0.620. The van der Waals surface area contributed by atoms with E-state index in [9.17, 15) is 13.2 Å². The molecule has 6 heteroatoms. The van der Waals surface area contributed by atoms with Crippen LogP contribution in [-0.4, -0.2) is 55.5 Å². The summed E-state index contributed by atoms with van der Waals surface area (Å²) in [5.74, 6) is -0.231. The number of nitrogens with zero attached hydrogens (tertiary/aromatic N) is 1. The van der Waals surface area contributed by atoms with Crippen molar-refractivity contribution in [2.75, 3.05) is 19.7 Å². The van der Waals surface area contributed by atoms with E-state index in [2.05, 4.69) is 0 Å². The van der Waals surface area contributed by atoms with E-state index in [1.807, 2.05) is 0 Å². The summed E-state index contributed by atoms with van der Waals surface area (Å²) in [6, 6.07) is 0. The predicted octanol–water partition coefficient (Wildman–Crippen LogP) is 1.37. The van der Waals surface area contributed by atoms with Gasteiger partial charge in [0, 0.05) is 19.7 Å². The van der Waals surface area contributed by atoms with Crippen LogP contribution in [0.5, 0.6) is 0 Å². The molecule has 3 atom stereocenters. The largest absolute Gasteiger partial charge is 0.377 e. The van der Waals surface area contributed by atoms with Crippen molar-refractivity contribution in [1.82, 2.24) is 4.90 Å². The molecule has 1 amide bonds. The van der Waals surface area contributed by atoms with Crippen molar-refractivity contribution in [2.45, 2.75) is 62.6 Å². The topological polar surface area (TPSA) is 63.7 Å². The van der Waals surface area contributed by atoms with Gasteiger partial charge in [-0.15, -0.1) is 0 Å². The molecule has 2 saturated heterocycles. The van der Waals surface area contributed by atoms with E-state index < -0.39 is 20.3 Å². The summed E-state index contributed by atoms with van der Waals surface area (Å²) in [6.07, 6.45) is 4.39. The van der Waals surface area contributed by atoms with E-state index in [1.54, 1.807) is 11.8 Å². The molecule has 0 aromatic rings. The lowest BCUT2D eigenvalue weighted by Gasteiger charge is -2.26. The molecule has 116 valence electrons. The second-order valence-electron chi connectivity index (χ2n) is 5.87. The third kappa shape index (κ3) is 3.17. The highest BCUT2D eigenvalue weighted by Crippen LogP contribution is 2.25. The van der Waals surface area contributed by atoms with Crippen LogP contribution in [0.25, 0.3) is 0 Å². The highest BCUT2D eigenvalue weighted by Gasteiger charge is 2.42. The summed E-state index contributed by atoms with van der Waals surface area (Å²) in [5, 5.41) is -1.48. The van der Waals surface area contributed by atoms with Crippen molar-refractivity contribution in [1.29, 1.82) is 0 Å². The third-order valence-corrected chi connectivity index (χ3v) is 7.14. The van der Waals surface area contributed by atoms with E-state index >= 15 is 0 Å². The van der Waals surface area contributed by atoms with E-state index in [-0.39, 0.29) is 12.0 Å². The Morgan fingerprint density at radius 3 is 2.30 bits per heavy atom. The minimum Gasteiger partial charge on any atom is -0.377 e. The maximum atomic E-state index is 12.6. The van der Waals surface area contributed by atoms with Gasteiger partial charge in [0.25, 0.3) is 0 Å². The maximum Gasteiger partial charge on any atom is 0.240 e. The molecule has 0 bridgehead atoms. The summed E-state index contributed by atoms with van der Waals surface area (Å²) in [4.78, 5) is 14.2. The smallest absolute Gasteiger partial charge is 0.240 e. The van der Waals surface area contributed by atoms with Gasteiger partial charge in [0.1, 0.15) is 5.25 Å². The van der Waals surface area contributed by atoms with Gasteiger partial charge in [0.2, 0.25) is 5.91 Å². The van der Waals surface area contributed by atoms with E-state index in [4.69, 9.17) is 4.74 Å². The molecule has 0 aromatic carbocycles. The number of ether oxygens (including phenoxy) is 1. The van der Waals surface area contributed by atoms with Crippen LogP contribution in [0.15, 0.2) is 0 Å². The molecule has 0 unspecified atom stereocenters. The fourth-order valence-electron chi connectivity index (χ4n) is 3.09.